The molecule has 2 rings (SSSR count). The Labute approximate surface area is 127 Å². The van der Waals surface area contributed by atoms with E-state index in [9.17, 15) is 9.90 Å². The zero-order chi connectivity index (χ0) is 15.4. The van der Waals surface area contributed by atoms with Crippen LogP contribution >= 0.6 is 11.3 Å². The summed E-state index contributed by atoms with van der Waals surface area (Å²) >= 11 is 1.54. The highest BCUT2D eigenvalue weighted by molar-refractivity contribution is 7.07. The summed E-state index contributed by atoms with van der Waals surface area (Å²) in [6.45, 7) is 1.85. The van der Waals surface area contributed by atoms with Crippen molar-refractivity contribution in [2.45, 2.75) is 19.3 Å². The Morgan fingerprint density at radius 3 is 2.81 bits per heavy atom. The van der Waals surface area contributed by atoms with E-state index in [4.69, 9.17) is 4.74 Å². The average molecular weight is 306 g/mol. The van der Waals surface area contributed by atoms with E-state index in [-0.39, 0.29) is 0 Å². The number of carboxylic acids is 1. The van der Waals surface area contributed by atoms with Crippen molar-refractivity contribution in [1.29, 1.82) is 0 Å². The lowest BCUT2D eigenvalue weighted by Gasteiger charge is -2.14. The van der Waals surface area contributed by atoms with Crippen LogP contribution < -0.4 is 9.54 Å². The lowest BCUT2D eigenvalue weighted by molar-refractivity contribution is -0.138. The van der Waals surface area contributed by atoms with Gasteiger partial charge in [0.1, 0.15) is 5.75 Å². The smallest absolute Gasteiger partial charge is 0.311 e. The maximum absolute atomic E-state index is 11.3. The molecule has 0 amide bonds. The largest absolute Gasteiger partial charge is 0.496 e. The molecule has 5 nitrogen and oxygen atoms in total. The first-order valence-electron chi connectivity index (χ1n) is 6.62. The predicted octanol–water partition coefficient (Wildman–Crippen LogP) is 2.91. The number of nitrogens with zero attached hydrogens (tertiary/aromatic N) is 2. The van der Waals surface area contributed by atoms with Crippen molar-refractivity contribution in [3.63, 3.8) is 0 Å². The van der Waals surface area contributed by atoms with E-state index in [0.717, 1.165) is 10.5 Å². The first kappa shape index (κ1) is 15.3. The van der Waals surface area contributed by atoms with Gasteiger partial charge in [-0.3, -0.25) is 4.79 Å². The molecule has 0 spiro atoms. The molecule has 0 saturated carbocycles. The first-order chi connectivity index (χ1) is 10.1. The summed E-state index contributed by atoms with van der Waals surface area (Å²) < 4.78 is 7.27. The number of aryl methyl sites for hydroxylation is 1. The summed E-state index contributed by atoms with van der Waals surface area (Å²) in [6.07, 6.45) is 2.45. The highest BCUT2D eigenvalue weighted by Crippen LogP contribution is 2.32. The van der Waals surface area contributed by atoms with Crippen LogP contribution in [0.15, 0.2) is 34.8 Å². The van der Waals surface area contributed by atoms with Crippen molar-refractivity contribution >= 4 is 23.0 Å². The van der Waals surface area contributed by atoms with Gasteiger partial charge in [-0.05, 0) is 12.5 Å². The van der Waals surface area contributed by atoms with Gasteiger partial charge in [-0.2, -0.15) is 0 Å². The van der Waals surface area contributed by atoms with Crippen molar-refractivity contribution in [2.75, 3.05) is 7.11 Å². The second-order valence-corrected chi connectivity index (χ2v) is 5.51. The Morgan fingerprint density at radius 1 is 1.52 bits per heavy atom. The van der Waals surface area contributed by atoms with Crippen molar-refractivity contribution in [3.8, 4) is 5.75 Å². The molecule has 6 heteroatoms. The minimum Gasteiger partial charge on any atom is -0.496 e. The third-order valence-electron chi connectivity index (χ3n) is 3.28. The summed E-state index contributed by atoms with van der Waals surface area (Å²) in [4.78, 5) is 16.7. The zero-order valence-electron chi connectivity index (χ0n) is 12.2. The summed E-state index contributed by atoms with van der Waals surface area (Å²) in [5.41, 5.74) is 1.43. The van der Waals surface area contributed by atoms with E-state index in [2.05, 4.69) is 4.99 Å². The molecule has 112 valence electrons. The summed E-state index contributed by atoms with van der Waals surface area (Å²) in [6, 6.07) is 5.39. The maximum atomic E-state index is 11.3. The van der Waals surface area contributed by atoms with Crippen LogP contribution in [0.2, 0.25) is 0 Å². The van der Waals surface area contributed by atoms with Gasteiger partial charge in [0, 0.05) is 30.3 Å². The average Bonchev–Trinajstić information content (AvgIpc) is 2.86. The molecule has 0 radical (unpaired) electrons. The van der Waals surface area contributed by atoms with Crippen LogP contribution in [-0.2, 0) is 11.8 Å². The van der Waals surface area contributed by atoms with Gasteiger partial charge in [-0.15, -0.1) is 11.3 Å². The molecule has 1 aromatic heterocycles. The fourth-order valence-electron chi connectivity index (χ4n) is 2.13. The third kappa shape index (κ3) is 3.33. The van der Waals surface area contributed by atoms with Gasteiger partial charge in [0.2, 0.25) is 0 Å². The van der Waals surface area contributed by atoms with Crippen LogP contribution in [0.25, 0.3) is 0 Å². The van der Waals surface area contributed by atoms with Crippen molar-refractivity contribution in [3.05, 3.63) is 40.1 Å². The fourth-order valence-corrected chi connectivity index (χ4v) is 2.88. The van der Waals surface area contributed by atoms with E-state index in [1.165, 1.54) is 11.3 Å². The molecule has 0 saturated heterocycles. The van der Waals surface area contributed by atoms with Crippen LogP contribution in [0.5, 0.6) is 5.75 Å². The number of benzene rings is 1. The topological polar surface area (TPSA) is 63.8 Å². The number of hydrogen-bond acceptors (Lipinski definition) is 4. The lowest BCUT2D eigenvalue weighted by atomic mass is 9.95. The number of carbonyl (C=O) groups is 1. The highest BCUT2D eigenvalue weighted by atomic mass is 32.1. The summed E-state index contributed by atoms with van der Waals surface area (Å²) in [5.74, 6) is -0.846. The first-order valence-corrected chi connectivity index (χ1v) is 7.50. The van der Waals surface area contributed by atoms with Gasteiger partial charge in [-0.1, -0.05) is 13.0 Å². The van der Waals surface area contributed by atoms with E-state index in [1.807, 2.05) is 36.2 Å². The lowest BCUT2D eigenvalue weighted by Crippen LogP contribution is -2.12. The third-order valence-corrected chi connectivity index (χ3v) is 4.13. The quantitative estimate of drug-likeness (QED) is 0.923. The van der Waals surface area contributed by atoms with E-state index >= 15 is 0 Å². The van der Waals surface area contributed by atoms with Crippen molar-refractivity contribution in [1.82, 2.24) is 4.57 Å². The molecule has 0 aliphatic rings. The van der Waals surface area contributed by atoms with Crippen LogP contribution in [-0.4, -0.2) is 22.8 Å². The van der Waals surface area contributed by atoms with Gasteiger partial charge in [0.15, 0.2) is 4.80 Å². The van der Waals surface area contributed by atoms with E-state index in [0.29, 0.717) is 17.7 Å². The number of ether oxygens (including phenoxy) is 1. The van der Waals surface area contributed by atoms with E-state index in [1.54, 1.807) is 19.2 Å². The van der Waals surface area contributed by atoms with Gasteiger partial charge < -0.3 is 14.4 Å². The van der Waals surface area contributed by atoms with Crippen molar-refractivity contribution in [2.24, 2.45) is 12.0 Å². The van der Waals surface area contributed by atoms with Crippen LogP contribution in [0, 0.1) is 0 Å². The number of hydrogen-bond donors (Lipinski definition) is 1. The summed E-state index contributed by atoms with van der Waals surface area (Å²) in [5, 5.41) is 11.2. The Morgan fingerprint density at radius 2 is 2.29 bits per heavy atom. The second-order valence-electron chi connectivity index (χ2n) is 4.63. The fraction of sp³-hybridized carbons (Fsp3) is 0.333. The standard InChI is InChI=1S/C15H18N2O3S/c1-4-11(14(18)19)12-6-5-10(9-13(12)20-3)16-15-17(2)7-8-21-15/h5-9,11H,4H2,1-3H3,(H,18,19)/b16-15-. The Kier molecular flexibility index (Phi) is 4.80. The molecule has 0 fully saturated rings. The molecule has 0 aliphatic heterocycles. The molecule has 1 atom stereocenters. The van der Waals surface area contributed by atoms with Gasteiger partial charge in [-0.25, -0.2) is 4.99 Å². The molecular weight excluding hydrogens is 288 g/mol. The molecule has 0 aliphatic carbocycles. The normalized spacial score (nSPS) is 13.2. The number of methoxy groups -OCH3 is 1. The van der Waals surface area contributed by atoms with Crippen molar-refractivity contribution < 1.29 is 14.6 Å². The molecular formula is C15H18N2O3S. The monoisotopic (exact) mass is 306 g/mol. The zero-order valence-corrected chi connectivity index (χ0v) is 13.1. The van der Waals surface area contributed by atoms with Crippen LogP contribution in [0.3, 0.4) is 0 Å². The second kappa shape index (κ2) is 6.58. The highest BCUT2D eigenvalue weighted by Gasteiger charge is 2.21. The van der Waals surface area contributed by atoms with Gasteiger partial charge in [0.05, 0.1) is 18.7 Å². The molecule has 1 aromatic carbocycles. The SMILES string of the molecule is CCC(C(=O)O)c1ccc(/N=c2\sccn2C)cc1OC. The van der Waals surface area contributed by atoms with Crippen LogP contribution in [0.1, 0.15) is 24.8 Å². The number of aromatic nitrogens is 1. The Bertz CT molecular complexity index is 703. The number of rotatable bonds is 5. The van der Waals surface area contributed by atoms with E-state index < -0.39 is 11.9 Å². The number of aliphatic carboxylic acids is 1. The van der Waals surface area contributed by atoms with Gasteiger partial charge in [0.25, 0.3) is 0 Å². The molecule has 1 N–H and O–H groups in total. The molecule has 1 unspecified atom stereocenters. The van der Waals surface area contributed by atoms with Gasteiger partial charge >= 0.3 is 5.97 Å². The number of thiazole rings is 1. The number of carboxylic acid groups (broad SMARTS) is 1. The minimum atomic E-state index is -0.842. The minimum absolute atomic E-state index is 0.516. The summed E-state index contributed by atoms with van der Waals surface area (Å²) in [7, 11) is 3.47. The molecule has 2 aromatic rings. The maximum Gasteiger partial charge on any atom is 0.311 e. The molecule has 21 heavy (non-hydrogen) atoms. The Balaban J connectivity index is 2.46. The Hall–Kier alpha value is -2.08. The van der Waals surface area contributed by atoms with Crippen LogP contribution in [0.4, 0.5) is 5.69 Å². The molecule has 1 heterocycles. The molecule has 0 bridgehead atoms. The predicted molar refractivity (Wildman–Crippen MR) is 82.2 cm³/mol.